The molecule has 0 N–H and O–H groups in total. The quantitative estimate of drug-likeness (QED) is 0.0803. The number of fused-ring (bicyclic) bond motifs is 6. The van der Waals surface area contributed by atoms with E-state index in [4.69, 9.17) is 4.74 Å². The van der Waals surface area contributed by atoms with Crippen LogP contribution in [0.25, 0.3) is 90.2 Å². The third kappa shape index (κ3) is 11.0. The molecular formula is C85H76N2O. The van der Waals surface area contributed by atoms with Crippen molar-refractivity contribution in [1.29, 1.82) is 0 Å². The Morgan fingerprint density at radius 3 is 1.45 bits per heavy atom. The van der Waals surface area contributed by atoms with Crippen LogP contribution in [-0.2, 0) is 10.8 Å². The van der Waals surface area contributed by atoms with Crippen LogP contribution in [0.1, 0.15) is 92.8 Å². The van der Waals surface area contributed by atoms with E-state index in [2.05, 4.69) is 306 Å². The molecule has 0 amide bonds. The summed E-state index contributed by atoms with van der Waals surface area (Å²) in [5.74, 6) is 1.71. The van der Waals surface area contributed by atoms with E-state index in [0.29, 0.717) is 18.4 Å². The van der Waals surface area contributed by atoms with Gasteiger partial charge in [-0.05, 0) is 198 Å². The molecule has 1 aromatic heterocycles. The Morgan fingerprint density at radius 2 is 0.898 bits per heavy atom. The molecule has 1 heterocycles. The van der Waals surface area contributed by atoms with Crippen molar-refractivity contribution in [1.82, 2.24) is 4.57 Å². The summed E-state index contributed by atoms with van der Waals surface area (Å²) in [4.78, 5) is 2.46. The highest BCUT2D eigenvalue weighted by Crippen LogP contribution is 2.57. The average molecular weight is 1140 g/mol. The predicted molar refractivity (Wildman–Crippen MR) is 377 cm³/mol. The first kappa shape index (κ1) is 57.1. The Hall–Kier alpha value is -9.96. The molecule has 0 saturated heterocycles. The summed E-state index contributed by atoms with van der Waals surface area (Å²) in [5, 5.41) is 2.41. The molecule has 0 fully saturated rings. The molecule has 0 saturated carbocycles. The number of aromatic nitrogens is 1. The van der Waals surface area contributed by atoms with Gasteiger partial charge in [-0.1, -0.05) is 249 Å². The van der Waals surface area contributed by atoms with Crippen molar-refractivity contribution in [3.63, 3.8) is 0 Å². The van der Waals surface area contributed by atoms with E-state index in [0.717, 1.165) is 86.6 Å². The van der Waals surface area contributed by atoms with E-state index < -0.39 is 0 Å². The second-order valence-corrected chi connectivity index (χ2v) is 25.3. The summed E-state index contributed by atoms with van der Waals surface area (Å²) >= 11 is 0. The lowest BCUT2D eigenvalue weighted by molar-refractivity contribution is 0.240. The van der Waals surface area contributed by atoms with Gasteiger partial charge >= 0.3 is 0 Å². The molecule has 13 rings (SSSR count). The summed E-state index contributed by atoms with van der Waals surface area (Å²) < 4.78 is 8.72. The second kappa shape index (κ2) is 24.1. The van der Waals surface area contributed by atoms with E-state index in [1.807, 2.05) is 30.4 Å². The Morgan fingerprint density at radius 1 is 0.443 bits per heavy atom. The minimum atomic E-state index is -0.387. The van der Waals surface area contributed by atoms with Crippen molar-refractivity contribution in [2.24, 2.45) is 11.8 Å². The number of nitrogens with zero attached hydrogens (tertiary/aromatic N) is 2. The molecule has 3 heteroatoms. The average Bonchev–Trinajstić information content (AvgIpc) is 1.65. The van der Waals surface area contributed by atoms with Crippen molar-refractivity contribution in [3.05, 3.63) is 313 Å². The van der Waals surface area contributed by atoms with Crippen molar-refractivity contribution in [2.75, 3.05) is 11.5 Å². The molecule has 88 heavy (non-hydrogen) atoms. The summed E-state index contributed by atoms with van der Waals surface area (Å²) in [5.41, 5.74) is 24.8. The molecular weight excluding hydrogens is 1060 g/mol. The van der Waals surface area contributed by atoms with Crippen LogP contribution in [0.2, 0.25) is 0 Å². The van der Waals surface area contributed by atoms with Crippen molar-refractivity contribution < 1.29 is 4.74 Å². The molecule has 0 spiro atoms. The van der Waals surface area contributed by atoms with E-state index >= 15 is 0 Å². The summed E-state index contributed by atoms with van der Waals surface area (Å²) in [6.07, 6.45) is 8.78. The molecule has 11 aromatic carbocycles. The number of anilines is 3. The topological polar surface area (TPSA) is 17.4 Å². The van der Waals surface area contributed by atoms with Crippen LogP contribution in [0.4, 0.5) is 17.1 Å². The van der Waals surface area contributed by atoms with E-state index in [9.17, 15) is 0 Å². The molecule has 0 aliphatic heterocycles. The van der Waals surface area contributed by atoms with Gasteiger partial charge in [0.2, 0.25) is 0 Å². The number of hydrogen-bond donors (Lipinski definition) is 0. The van der Waals surface area contributed by atoms with Crippen LogP contribution < -0.4 is 9.64 Å². The van der Waals surface area contributed by atoms with Crippen LogP contribution in [-0.4, -0.2) is 11.2 Å². The highest BCUT2D eigenvalue weighted by atomic mass is 16.5. The molecule has 3 nitrogen and oxygen atoms in total. The SMILES string of the molecule is C=Cc1ccc(OCC(C)CCC(C)CC2(c3ccccc3)c3ccccc3-c3ccc(N(c4ccc(-c5ccc(C(C)(C)C)cc5)cc4)c4ccc(-c5ccc6c(c5)c5cc(-c7ccc(C=C)cc7)ccc5n6-c5ccc(C=C)cc5)cc4)cc32)cc1. The van der Waals surface area contributed by atoms with Gasteiger partial charge in [-0.25, -0.2) is 0 Å². The zero-order chi connectivity index (χ0) is 60.5. The maximum Gasteiger partial charge on any atom is 0.119 e. The molecule has 1 aliphatic rings. The summed E-state index contributed by atoms with van der Waals surface area (Å²) in [7, 11) is 0. The zero-order valence-electron chi connectivity index (χ0n) is 51.4. The van der Waals surface area contributed by atoms with Gasteiger partial charge in [-0.15, -0.1) is 0 Å². The molecule has 3 unspecified atom stereocenters. The lowest BCUT2D eigenvalue weighted by Gasteiger charge is -2.36. The lowest BCUT2D eigenvalue weighted by atomic mass is 9.67. The van der Waals surface area contributed by atoms with Gasteiger partial charge in [0.15, 0.2) is 0 Å². The monoisotopic (exact) mass is 1140 g/mol. The van der Waals surface area contributed by atoms with Crippen LogP contribution in [0.15, 0.2) is 275 Å². The minimum Gasteiger partial charge on any atom is -0.493 e. The fourth-order valence-electron chi connectivity index (χ4n) is 13.5. The van der Waals surface area contributed by atoms with E-state index in [1.165, 1.54) is 66.4 Å². The molecule has 432 valence electrons. The van der Waals surface area contributed by atoms with Gasteiger partial charge in [0.1, 0.15) is 5.75 Å². The predicted octanol–water partition coefficient (Wildman–Crippen LogP) is 23.3. The normalized spacial score (nSPS) is 14.2. The standard InChI is InChI=1S/C85H76N2O/c1-9-60-23-29-65(30-24-60)67-37-51-82-78(53-67)79-54-68(38-52-83(79)87(82)73-41-25-61(10-2)26-42-73)66-35-45-72(46-36-66)86(71-43-33-64(34-44-71)63-31-39-69(40-32-63)84(6,7)8)74-47-50-77-76-19-15-16-20-80(76)85(81(77)55-74,70-17-13-12-14-18-70)56-58(4)21-22-59(5)57-88-75-48-27-62(11-3)28-49-75/h9-20,23-55,58-59H,1-3,21-22,56-57H2,4-8H3. The minimum absolute atomic E-state index is 0.0782. The summed E-state index contributed by atoms with van der Waals surface area (Å²) in [6, 6.07) is 94.6. The zero-order valence-corrected chi connectivity index (χ0v) is 51.4. The largest absolute Gasteiger partial charge is 0.493 e. The maximum atomic E-state index is 6.32. The van der Waals surface area contributed by atoms with Crippen LogP contribution in [0, 0.1) is 11.8 Å². The second-order valence-electron chi connectivity index (χ2n) is 25.3. The molecule has 0 bridgehead atoms. The molecule has 3 atom stereocenters. The van der Waals surface area contributed by atoms with Crippen LogP contribution in [0.3, 0.4) is 0 Å². The number of rotatable bonds is 19. The molecule has 0 radical (unpaired) electrons. The maximum absolute atomic E-state index is 6.32. The van der Waals surface area contributed by atoms with Gasteiger partial charge in [-0.2, -0.15) is 0 Å². The van der Waals surface area contributed by atoms with Gasteiger partial charge in [-0.3, -0.25) is 0 Å². The Balaban J connectivity index is 0.894. The highest BCUT2D eigenvalue weighted by molar-refractivity contribution is 6.11. The van der Waals surface area contributed by atoms with Gasteiger partial charge < -0.3 is 14.2 Å². The van der Waals surface area contributed by atoms with E-state index in [-0.39, 0.29) is 10.8 Å². The van der Waals surface area contributed by atoms with Gasteiger partial charge in [0.05, 0.1) is 17.6 Å². The first-order chi connectivity index (χ1) is 42.9. The van der Waals surface area contributed by atoms with E-state index in [1.54, 1.807) is 0 Å². The highest BCUT2D eigenvalue weighted by Gasteiger charge is 2.45. The molecule has 1 aliphatic carbocycles. The molecule has 12 aromatic rings. The first-order valence-electron chi connectivity index (χ1n) is 31.2. The summed E-state index contributed by atoms with van der Waals surface area (Å²) in [6.45, 7) is 24.2. The number of ether oxygens (including phenoxy) is 1. The Bertz CT molecular complexity index is 4490. The Labute approximate surface area is 520 Å². The third-order valence-electron chi connectivity index (χ3n) is 18.4. The third-order valence-corrected chi connectivity index (χ3v) is 18.4. The number of hydrogen-bond acceptors (Lipinski definition) is 2. The number of benzene rings is 11. The lowest BCUT2D eigenvalue weighted by Crippen LogP contribution is -2.30. The Kier molecular flexibility index (Phi) is 15.6. The van der Waals surface area contributed by atoms with Gasteiger partial charge in [0, 0.05) is 38.9 Å². The van der Waals surface area contributed by atoms with Crippen molar-refractivity contribution in [3.8, 4) is 55.9 Å². The van der Waals surface area contributed by atoms with Crippen molar-refractivity contribution in [2.45, 2.75) is 64.7 Å². The first-order valence-corrected chi connectivity index (χ1v) is 31.2. The van der Waals surface area contributed by atoms with Gasteiger partial charge in [0.25, 0.3) is 0 Å². The van der Waals surface area contributed by atoms with Crippen LogP contribution >= 0.6 is 0 Å². The fourth-order valence-corrected chi connectivity index (χ4v) is 13.5. The fraction of sp³-hybridized carbons (Fsp3) is 0.153. The smallest absolute Gasteiger partial charge is 0.119 e. The van der Waals surface area contributed by atoms with Crippen LogP contribution in [0.5, 0.6) is 5.75 Å². The van der Waals surface area contributed by atoms with Crippen molar-refractivity contribution >= 4 is 57.1 Å².